The van der Waals surface area contributed by atoms with Crippen LogP contribution in [0.5, 0.6) is 0 Å². The first-order chi connectivity index (χ1) is 14.0. The van der Waals surface area contributed by atoms with Crippen LogP contribution in [-0.4, -0.2) is 33.5 Å². The Labute approximate surface area is 176 Å². The van der Waals surface area contributed by atoms with Crippen molar-refractivity contribution in [2.24, 2.45) is 13.0 Å². The molecule has 0 bridgehead atoms. The zero-order valence-electron chi connectivity index (χ0n) is 16.1. The van der Waals surface area contributed by atoms with E-state index in [1.54, 1.807) is 19.3 Å². The summed E-state index contributed by atoms with van der Waals surface area (Å²) in [6.45, 7) is 1.68. The first-order valence-corrected chi connectivity index (χ1v) is 10.4. The Morgan fingerprint density at radius 2 is 2.17 bits per heavy atom. The molecule has 7 nitrogen and oxygen atoms in total. The van der Waals surface area contributed by atoms with Gasteiger partial charge in [0.1, 0.15) is 5.52 Å². The minimum Gasteiger partial charge on any atom is -0.352 e. The molecule has 1 saturated heterocycles. The Hall–Kier alpha value is -2.74. The van der Waals surface area contributed by atoms with Crippen LogP contribution >= 0.6 is 15.9 Å². The van der Waals surface area contributed by atoms with Gasteiger partial charge in [-0.25, -0.2) is 9.97 Å². The van der Waals surface area contributed by atoms with E-state index in [4.69, 9.17) is 0 Å². The molecule has 1 atom stereocenters. The minimum atomic E-state index is -0.189. The van der Waals surface area contributed by atoms with Gasteiger partial charge in [0, 0.05) is 37.4 Å². The molecule has 1 aromatic carbocycles. The van der Waals surface area contributed by atoms with Crippen molar-refractivity contribution in [2.45, 2.75) is 19.4 Å². The maximum atomic E-state index is 12.8. The molecule has 0 aliphatic carbocycles. The highest BCUT2D eigenvalue weighted by Gasteiger charge is 2.28. The number of carbonyl (C=O) groups is 1. The number of benzene rings is 1. The summed E-state index contributed by atoms with van der Waals surface area (Å²) in [6.07, 6.45) is 3.29. The number of fused-ring (bicyclic) bond motifs is 1. The second-order valence-corrected chi connectivity index (χ2v) is 8.19. The Kier molecular flexibility index (Phi) is 5.62. The standard InChI is InChI=1S/C21H22BrN5O2/c1-26-18-17(8-3-9-23-18)25-19(21(26)29)27-10-4-6-15(13-27)20(28)24-12-14-5-2-7-16(22)11-14/h2-3,5,7-9,11,15H,4,6,10,12-13H2,1H3,(H,24,28). The van der Waals surface area contributed by atoms with Crippen LogP contribution in [0.2, 0.25) is 0 Å². The van der Waals surface area contributed by atoms with E-state index in [9.17, 15) is 9.59 Å². The van der Waals surface area contributed by atoms with Crippen LogP contribution in [0.4, 0.5) is 5.82 Å². The third kappa shape index (κ3) is 4.17. The molecule has 3 aromatic rings. The minimum absolute atomic E-state index is 0.00829. The lowest BCUT2D eigenvalue weighted by Crippen LogP contribution is -2.45. The summed E-state index contributed by atoms with van der Waals surface area (Å²) in [5.74, 6) is 0.221. The van der Waals surface area contributed by atoms with Crippen molar-refractivity contribution in [1.29, 1.82) is 0 Å². The van der Waals surface area contributed by atoms with E-state index < -0.39 is 0 Å². The summed E-state index contributed by atoms with van der Waals surface area (Å²) in [5, 5.41) is 3.02. The number of piperidine rings is 1. The predicted octanol–water partition coefficient (Wildman–Crippen LogP) is 2.62. The molecule has 1 aliphatic rings. The molecule has 4 rings (SSSR count). The maximum absolute atomic E-state index is 12.8. The largest absolute Gasteiger partial charge is 0.352 e. The molecule has 29 heavy (non-hydrogen) atoms. The number of hydrogen-bond donors (Lipinski definition) is 1. The van der Waals surface area contributed by atoms with Crippen LogP contribution in [0.3, 0.4) is 0 Å². The van der Waals surface area contributed by atoms with Crippen molar-refractivity contribution in [1.82, 2.24) is 19.9 Å². The van der Waals surface area contributed by atoms with E-state index in [0.29, 0.717) is 36.6 Å². The molecular weight excluding hydrogens is 434 g/mol. The summed E-state index contributed by atoms with van der Waals surface area (Å²) < 4.78 is 2.51. The number of anilines is 1. The van der Waals surface area contributed by atoms with Crippen molar-refractivity contribution in [2.75, 3.05) is 18.0 Å². The average molecular weight is 456 g/mol. The Bertz CT molecular complexity index is 1110. The smallest absolute Gasteiger partial charge is 0.294 e. The third-order valence-corrected chi connectivity index (χ3v) is 5.75. The summed E-state index contributed by atoms with van der Waals surface area (Å²) >= 11 is 3.45. The lowest BCUT2D eigenvalue weighted by Gasteiger charge is -2.32. The molecule has 1 amide bonds. The molecule has 150 valence electrons. The van der Waals surface area contributed by atoms with E-state index in [1.807, 2.05) is 35.2 Å². The van der Waals surface area contributed by atoms with E-state index in [1.165, 1.54) is 4.57 Å². The Morgan fingerprint density at radius 1 is 1.31 bits per heavy atom. The van der Waals surface area contributed by atoms with Crippen LogP contribution in [0, 0.1) is 5.92 Å². The van der Waals surface area contributed by atoms with Crippen molar-refractivity contribution < 1.29 is 4.79 Å². The van der Waals surface area contributed by atoms with Crippen LogP contribution < -0.4 is 15.8 Å². The molecule has 1 aliphatic heterocycles. The van der Waals surface area contributed by atoms with Gasteiger partial charge in [-0.3, -0.25) is 14.2 Å². The summed E-state index contributed by atoms with van der Waals surface area (Å²) in [5.41, 5.74) is 2.08. The molecule has 1 fully saturated rings. The number of nitrogens with one attached hydrogen (secondary N) is 1. The fraction of sp³-hybridized carbons (Fsp3) is 0.333. The predicted molar refractivity (Wildman–Crippen MR) is 116 cm³/mol. The quantitative estimate of drug-likeness (QED) is 0.653. The molecule has 0 radical (unpaired) electrons. The summed E-state index contributed by atoms with van der Waals surface area (Å²) in [7, 11) is 1.70. The lowest BCUT2D eigenvalue weighted by atomic mass is 9.97. The molecule has 0 saturated carbocycles. The molecule has 1 N–H and O–H groups in total. The van der Waals surface area contributed by atoms with Gasteiger partial charge in [-0.2, -0.15) is 0 Å². The average Bonchev–Trinajstić information content (AvgIpc) is 2.75. The highest BCUT2D eigenvalue weighted by molar-refractivity contribution is 9.10. The fourth-order valence-corrected chi connectivity index (χ4v) is 4.16. The van der Waals surface area contributed by atoms with E-state index in [0.717, 1.165) is 22.9 Å². The Balaban J connectivity index is 1.50. The van der Waals surface area contributed by atoms with Gasteiger partial charge in [-0.05, 0) is 42.7 Å². The van der Waals surface area contributed by atoms with Gasteiger partial charge in [0.15, 0.2) is 11.5 Å². The molecular formula is C21H22BrN5O2. The van der Waals surface area contributed by atoms with Crippen molar-refractivity contribution in [3.8, 4) is 0 Å². The SMILES string of the molecule is Cn1c(=O)c(N2CCCC(C(=O)NCc3cccc(Br)c3)C2)nc2cccnc21. The number of amides is 1. The van der Waals surface area contributed by atoms with E-state index in [2.05, 4.69) is 31.2 Å². The Morgan fingerprint density at radius 3 is 3.00 bits per heavy atom. The zero-order chi connectivity index (χ0) is 20.4. The van der Waals surface area contributed by atoms with Crippen LogP contribution in [-0.2, 0) is 18.4 Å². The zero-order valence-corrected chi connectivity index (χ0v) is 17.7. The van der Waals surface area contributed by atoms with Crippen molar-refractivity contribution in [3.05, 3.63) is 63.0 Å². The second kappa shape index (κ2) is 8.32. The number of carbonyl (C=O) groups excluding carboxylic acids is 1. The van der Waals surface area contributed by atoms with Gasteiger partial charge in [0.05, 0.1) is 5.92 Å². The van der Waals surface area contributed by atoms with Gasteiger partial charge in [-0.15, -0.1) is 0 Å². The topological polar surface area (TPSA) is 80.1 Å². The molecule has 1 unspecified atom stereocenters. The van der Waals surface area contributed by atoms with Gasteiger partial charge >= 0.3 is 0 Å². The van der Waals surface area contributed by atoms with Gasteiger partial charge < -0.3 is 10.2 Å². The van der Waals surface area contributed by atoms with Crippen LogP contribution in [0.25, 0.3) is 11.2 Å². The van der Waals surface area contributed by atoms with Gasteiger partial charge in [0.25, 0.3) is 5.56 Å². The normalized spacial score (nSPS) is 16.8. The van der Waals surface area contributed by atoms with E-state index in [-0.39, 0.29) is 17.4 Å². The first kappa shape index (κ1) is 19.6. The maximum Gasteiger partial charge on any atom is 0.294 e. The number of nitrogens with zero attached hydrogens (tertiary/aromatic N) is 4. The highest BCUT2D eigenvalue weighted by Crippen LogP contribution is 2.21. The molecule has 2 aromatic heterocycles. The number of hydrogen-bond acceptors (Lipinski definition) is 5. The van der Waals surface area contributed by atoms with Gasteiger partial charge in [-0.1, -0.05) is 28.1 Å². The first-order valence-electron chi connectivity index (χ1n) is 9.62. The highest BCUT2D eigenvalue weighted by atomic mass is 79.9. The summed E-state index contributed by atoms with van der Waals surface area (Å²) in [6, 6.07) is 11.5. The third-order valence-electron chi connectivity index (χ3n) is 5.25. The second-order valence-electron chi connectivity index (χ2n) is 7.28. The summed E-state index contributed by atoms with van der Waals surface area (Å²) in [4.78, 5) is 36.3. The van der Waals surface area contributed by atoms with Gasteiger partial charge in [0.2, 0.25) is 5.91 Å². The van der Waals surface area contributed by atoms with Crippen molar-refractivity contribution >= 4 is 38.8 Å². The number of aromatic nitrogens is 3. The number of aryl methyl sites for hydroxylation is 1. The lowest BCUT2D eigenvalue weighted by molar-refractivity contribution is -0.125. The molecule has 0 spiro atoms. The fourth-order valence-electron chi connectivity index (χ4n) is 3.71. The molecule has 8 heteroatoms. The van der Waals surface area contributed by atoms with E-state index >= 15 is 0 Å². The number of pyridine rings is 1. The molecule has 3 heterocycles. The van der Waals surface area contributed by atoms with Crippen LogP contribution in [0.1, 0.15) is 18.4 Å². The van der Waals surface area contributed by atoms with Crippen molar-refractivity contribution in [3.63, 3.8) is 0 Å². The van der Waals surface area contributed by atoms with Crippen LogP contribution in [0.15, 0.2) is 51.9 Å². The number of rotatable bonds is 4. The number of halogens is 1. The monoisotopic (exact) mass is 455 g/mol.